The Morgan fingerprint density at radius 2 is 1.89 bits per heavy atom. The van der Waals surface area contributed by atoms with Crippen LogP contribution in [0.2, 0.25) is 0 Å². The lowest BCUT2D eigenvalue weighted by Gasteiger charge is -2.28. The normalized spacial score (nSPS) is 19.0. The minimum absolute atomic E-state index is 0.383. The van der Waals surface area contributed by atoms with Crippen LogP contribution in [0.15, 0.2) is 0 Å². The van der Waals surface area contributed by atoms with Crippen molar-refractivity contribution in [2.24, 2.45) is 0 Å². The summed E-state index contributed by atoms with van der Waals surface area (Å²) in [6.45, 7) is 8.49. The van der Waals surface area contributed by atoms with Crippen molar-refractivity contribution in [3.05, 3.63) is 0 Å². The van der Waals surface area contributed by atoms with Gasteiger partial charge in [0.15, 0.2) is 0 Å². The van der Waals surface area contributed by atoms with Crippen LogP contribution in [-0.4, -0.2) is 75.4 Å². The predicted octanol–water partition coefficient (Wildman–Crippen LogP) is 0.513. The molecule has 0 spiro atoms. The first-order valence-corrected chi connectivity index (χ1v) is 6.96. The predicted molar refractivity (Wildman–Crippen MR) is 69.8 cm³/mol. The molecule has 1 rings (SSSR count). The number of unbranched alkanes of at least 4 members (excludes halogenated alkanes) is 1. The van der Waals surface area contributed by atoms with Gasteiger partial charge in [-0.15, -0.1) is 0 Å². The first kappa shape index (κ1) is 15.9. The van der Waals surface area contributed by atoms with Crippen LogP contribution in [0.3, 0.4) is 0 Å². The average molecular weight is 261 g/mol. The molecule has 5 nitrogen and oxygen atoms in total. The number of hydrogen-bond donors (Lipinski definition) is 1. The Labute approximate surface area is 110 Å². The van der Waals surface area contributed by atoms with E-state index in [1.165, 1.54) is 0 Å². The molecule has 1 unspecified atom stereocenters. The highest BCUT2D eigenvalue weighted by Crippen LogP contribution is 1.99. The van der Waals surface area contributed by atoms with Gasteiger partial charge >= 0.3 is 0 Å². The largest absolute Gasteiger partial charge is 0.389 e. The zero-order chi connectivity index (χ0) is 13.1. The molecule has 1 heterocycles. The Morgan fingerprint density at radius 1 is 1.17 bits per heavy atom. The van der Waals surface area contributed by atoms with Crippen LogP contribution in [0.5, 0.6) is 0 Å². The Balaban J connectivity index is 1.88. The quantitative estimate of drug-likeness (QED) is 0.581. The molecule has 1 fully saturated rings. The fraction of sp³-hybridized carbons (Fsp3) is 1.00. The van der Waals surface area contributed by atoms with Crippen LogP contribution in [0, 0.1) is 0 Å². The monoisotopic (exact) mass is 261 g/mol. The molecule has 0 aromatic rings. The number of aliphatic hydroxyl groups is 1. The lowest BCUT2D eigenvalue weighted by molar-refractivity contribution is -0.0254. The van der Waals surface area contributed by atoms with Gasteiger partial charge in [0.1, 0.15) is 0 Å². The maximum absolute atomic E-state index is 9.79. The third kappa shape index (κ3) is 8.00. The summed E-state index contributed by atoms with van der Waals surface area (Å²) in [6, 6.07) is 0. The molecule has 0 amide bonds. The summed E-state index contributed by atoms with van der Waals surface area (Å²) < 4.78 is 16.0. The second kappa shape index (κ2) is 10.7. The van der Waals surface area contributed by atoms with Crippen molar-refractivity contribution in [3.63, 3.8) is 0 Å². The van der Waals surface area contributed by atoms with E-state index in [1.807, 2.05) is 0 Å². The Morgan fingerprint density at radius 3 is 2.61 bits per heavy atom. The second-order valence-electron chi connectivity index (χ2n) is 4.61. The van der Waals surface area contributed by atoms with E-state index in [2.05, 4.69) is 11.8 Å². The van der Waals surface area contributed by atoms with E-state index >= 15 is 0 Å². The fourth-order valence-electron chi connectivity index (χ4n) is 1.82. The van der Waals surface area contributed by atoms with Gasteiger partial charge in [-0.3, -0.25) is 4.90 Å². The maximum Gasteiger partial charge on any atom is 0.0900 e. The van der Waals surface area contributed by atoms with Gasteiger partial charge in [0.25, 0.3) is 0 Å². The molecule has 1 N–H and O–H groups in total. The summed E-state index contributed by atoms with van der Waals surface area (Å²) in [5, 5.41) is 9.79. The van der Waals surface area contributed by atoms with Crippen LogP contribution in [0.25, 0.3) is 0 Å². The third-order valence-corrected chi connectivity index (χ3v) is 2.90. The number of ether oxygens (including phenoxy) is 3. The van der Waals surface area contributed by atoms with E-state index in [0.29, 0.717) is 26.4 Å². The van der Waals surface area contributed by atoms with Gasteiger partial charge < -0.3 is 19.3 Å². The lowest BCUT2D eigenvalue weighted by atomic mass is 10.3. The minimum atomic E-state index is -0.418. The fourth-order valence-corrected chi connectivity index (χ4v) is 1.82. The number of β-amino-alcohol motifs (C(OH)–C–C–N with tert-alkyl or cyclic N) is 1. The Kier molecular flexibility index (Phi) is 9.42. The number of hydrogen-bond acceptors (Lipinski definition) is 5. The smallest absolute Gasteiger partial charge is 0.0900 e. The lowest BCUT2D eigenvalue weighted by Crippen LogP contribution is -2.42. The van der Waals surface area contributed by atoms with Gasteiger partial charge in [-0.2, -0.15) is 0 Å². The van der Waals surface area contributed by atoms with Gasteiger partial charge in [0.05, 0.1) is 39.1 Å². The number of aliphatic hydroxyl groups excluding tert-OH is 1. The number of morpholine rings is 1. The molecule has 108 valence electrons. The van der Waals surface area contributed by atoms with Crippen LogP contribution < -0.4 is 0 Å². The molecular weight excluding hydrogens is 234 g/mol. The molecule has 0 aliphatic carbocycles. The highest BCUT2D eigenvalue weighted by atomic mass is 16.5. The second-order valence-corrected chi connectivity index (χ2v) is 4.61. The minimum Gasteiger partial charge on any atom is -0.389 e. The van der Waals surface area contributed by atoms with E-state index < -0.39 is 6.10 Å². The van der Waals surface area contributed by atoms with E-state index in [0.717, 1.165) is 45.8 Å². The summed E-state index contributed by atoms with van der Waals surface area (Å²) in [5.41, 5.74) is 0. The van der Waals surface area contributed by atoms with Gasteiger partial charge in [0.2, 0.25) is 0 Å². The van der Waals surface area contributed by atoms with Crippen LogP contribution in [0.4, 0.5) is 0 Å². The topological polar surface area (TPSA) is 51.2 Å². The van der Waals surface area contributed by atoms with Crippen molar-refractivity contribution in [2.45, 2.75) is 25.9 Å². The zero-order valence-corrected chi connectivity index (χ0v) is 11.5. The molecule has 5 heteroatoms. The maximum atomic E-state index is 9.79. The molecule has 0 bridgehead atoms. The number of nitrogens with zero attached hydrogens (tertiary/aromatic N) is 1. The molecule has 1 saturated heterocycles. The van der Waals surface area contributed by atoms with Crippen molar-refractivity contribution in [1.82, 2.24) is 4.90 Å². The van der Waals surface area contributed by atoms with Gasteiger partial charge in [-0.1, -0.05) is 13.3 Å². The van der Waals surface area contributed by atoms with E-state index in [-0.39, 0.29) is 0 Å². The molecule has 0 radical (unpaired) electrons. The molecule has 0 saturated carbocycles. The average Bonchev–Trinajstić information content (AvgIpc) is 2.39. The SMILES string of the molecule is CCCCOCCOCC(O)CN1CCOCC1. The first-order chi connectivity index (χ1) is 8.83. The van der Waals surface area contributed by atoms with E-state index in [1.54, 1.807) is 0 Å². The number of rotatable bonds is 10. The standard InChI is InChI=1S/C13H27NO4/c1-2-3-6-16-9-10-18-12-13(15)11-14-4-7-17-8-5-14/h13,15H,2-12H2,1H3. The van der Waals surface area contributed by atoms with Crippen molar-refractivity contribution >= 4 is 0 Å². The zero-order valence-electron chi connectivity index (χ0n) is 11.5. The van der Waals surface area contributed by atoms with Crippen molar-refractivity contribution in [2.75, 3.05) is 59.3 Å². The van der Waals surface area contributed by atoms with Crippen LogP contribution >= 0.6 is 0 Å². The molecule has 0 aromatic heterocycles. The summed E-state index contributed by atoms with van der Waals surface area (Å²) in [7, 11) is 0. The van der Waals surface area contributed by atoms with Crippen LogP contribution in [-0.2, 0) is 14.2 Å². The molecular formula is C13H27NO4. The molecule has 0 aromatic carbocycles. The van der Waals surface area contributed by atoms with Crippen molar-refractivity contribution in [3.8, 4) is 0 Å². The summed E-state index contributed by atoms with van der Waals surface area (Å²) in [5.74, 6) is 0. The highest BCUT2D eigenvalue weighted by molar-refractivity contribution is 4.66. The van der Waals surface area contributed by atoms with E-state index in [9.17, 15) is 5.11 Å². The molecule has 18 heavy (non-hydrogen) atoms. The van der Waals surface area contributed by atoms with Gasteiger partial charge in [0, 0.05) is 26.2 Å². The highest BCUT2D eigenvalue weighted by Gasteiger charge is 2.14. The van der Waals surface area contributed by atoms with Crippen LogP contribution in [0.1, 0.15) is 19.8 Å². The molecule has 1 atom stereocenters. The molecule has 1 aliphatic rings. The van der Waals surface area contributed by atoms with Gasteiger partial charge in [-0.25, -0.2) is 0 Å². The van der Waals surface area contributed by atoms with E-state index in [4.69, 9.17) is 14.2 Å². The van der Waals surface area contributed by atoms with Crippen molar-refractivity contribution < 1.29 is 19.3 Å². The Hall–Kier alpha value is -0.200. The summed E-state index contributed by atoms with van der Waals surface area (Å²) in [4.78, 5) is 2.20. The molecule has 1 aliphatic heterocycles. The third-order valence-electron chi connectivity index (χ3n) is 2.90. The first-order valence-electron chi connectivity index (χ1n) is 6.96. The Bertz CT molecular complexity index is 186. The summed E-state index contributed by atoms with van der Waals surface area (Å²) in [6.07, 6.45) is 1.83. The van der Waals surface area contributed by atoms with Crippen molar-refractivity contribution in [1.29, 1.82) is 0 Å². The summed E-state index contributed by atoms with van der Waals surface area (Å²) >= 11 is 0. The van der Waals surface area contributed by atoms with Gasteiger partial charge in [-0.05, 0) is 6.42 Å².